The minimum Gasteiger partial charge on any atom is -0.343 e. The molecule has 1 saturated heterocycles. The molecule has 138 valence electrons. The second kappa shape index (κ2) is 9.24. The van der Waals surface area contributed by atoms with E-state index in [2.05, 4.69) is 22.5 Å². The lowest BCUT2D eigenvalue weighted by Crippen LogP contribution is -2.54. The first-order chi connectivity index (χ1) is 13.1. The molecule has 2 unspecified atom stereocenters. The molecule has 2 atom stereocenters. The van der Waals surface area contributed by atoms with Crippen LogP contribution in [0.1, 0.15) is 11.1 Å². The van der Waals surface area contributed by atoms with E-state index >= 15 is 0 Å². The smallest absolute Gasteiger partial charge is 0.244 e. The first-order valence-electron chi connectivity index (χ1n) is 8.60. The normalized spacial score (nSPS) is 18.8. The van der Waals surface area contributed by atoms with Crippen LogP contribution in [0.5, 0.6) is 0 Å². The van der Waals surface area contributed by atoms with E-state index in [1.165, 1.54) is 23.9 Å². The predicted molar refractivity (Wildman–Crippen MR) is 105 cm³/mol. The highest BCUT2D eigenvalue weighted by Gasteiger charge is 2.32. The van der Waals surface area contributed by atoms with E-state index < -0.39 is 6.04 Å². The van der Waals surface area contributed by atoms with Crippen LogP contribution in [0.4, 0.5) is 4.39 Å². The van der Waals surface area contributed by atoms with Crippen LogP contribution in [0, 0.1) is 17.7 Å². The maximum Gasteiger partial charge on any atom is 0.244 e. The molecule has 2 aromatic carbocycles. The quantitative estimate of drug-likeness (QED) is 0.797. The summed E-state index contributed by atoms with van der Waals surface area (Å²) in [5.41, 5.74) is 1.78. The van der Waals surface area contributed by atoms with Gasteiger partial charge >= 0.3 is 0 Å². The lowest BCUT2D eigenvalue weighted by atomic mass is 10.1. The second-order valence-electron chi connectivity index (χ2n) is 6.10. The van der Waals surface area contributed by atoms with Gasteiger partial charge in [0.25, 0.3) is 0 Å². The number of halogens is 1. The number of hydrogen-bond acceptors (Lipinski definition) is 3. The molecule has 1 aliphatic heterocycles. The average Bonchev–Trinajstić information content (AvgIpc) is 2.69. The zero-order valence-corrected chi connectivity index (χ0v) is 15.4. The Balaban J connectivity index is 1.46. The maximum atomic E-state index is 13.0. The summed E-state index contributed by atoms with van der Waals surface area (Å²) in [5.74, 6) is 5.65. The molecule has 0 saturated carbocycles. The van der Waals surface area contributed by atoms with E-state index in [0.29, 0.717) is 12.2 Å². The summed E-state index contributed by atoms with van der Waals surface area (Å²) >= 11 is 1.44. The third-order valence-electron chi connectivity index (χ3n) is 4.08. The second-order valence-corrected chi connectivity index (χ2v) is 7.34. The molecule has 1 aliphatic rings. The van der Waals surface area contributed by atoms with Gasteiger partial charge in [-0.2, -0.15) is 0 Å². The van der Waals surface area contributed by atoms with Crippen molar-refractivity contribution in [2.75, 3.05) is 12.3 Å². The number of benzene rings is 2. The zero-order chi connectivity index (χ0) is 19.1. The minimum atomic E-state index is -0.564. The first kappa shape index (κ1) is 19.0. The highest BCUT2D eigenvalue weighted by Crippen LogP contribution is 2.22. The van der Waals surface area contributed by atoms with Gasteiger partial charge in [0.2, 0.25) is 11.8 Å². The summed E-state index contributed by atoms with van der Waals surface area (Å²) in [4.78, 5) is 24.5. The molecule has 6 heteroatoms. The van der Waals surface area contributed by atoms with Crippen LogP contribution in [-0.2, 0) is 16.0 Å². The van der Waals surface area contributed by atoms with Gasteiger partial charge in [-0.3, -0.25) is 9.59 Å². The summed E-state index contributed by atoms with van der Waals surface area (Å²) in [6.45, 7) is 0.226. The van der Waals surface area contributed by atoms with E-state index in [-0.39, 0.29) is 29.4 Å². The minimum absolute atomic E-state index is 0.175. The van der Waals surface area contributed by atoms with Gasteiger partial charge in [-0.05, 0) is 36.2 Å². The molecule has 1 fully saturated rings. The molecule has 4 nitrogen and oxygen atoms in total. The number of thioether (sulfide) groups is 1. The maximum absolute atomic E-state index is 13.0. The van der Waals surface area contributed by atoms with Crippen molar-refractivity contribution in [2.24, 2.45) is 0 Å². The topological polar surface area (TPSA) is 58.2 Å². The Hall–Kier alpha value is -2.78. The van der Waals surface area contributed by atoms with Gasteiger partial charge in [0, 0.05) is 11.3 Å². The Kier molecular flexibility index (Phi) is 6.50. The van der Waals surface area contributed by atoms with Crippen molar-refractivity contribution in [3.63, 3.8) is 0 Å². The Morgan fingerprint density at radius 3 is 2.63 bits per heavy atom. The fourth-order valence-electron chi connectivity index (χ4n) is 2.64. The standard InChI is InChI=1S/C21H19FN2O2S/c22-17-10-8-16(9-11-17)13-19-21(26)24-18(14-27-19)20(25)23-12-4-7-15-5-2-1-3-6-15/h1-3,5-6,8-11,18-19H,12-14H2,(H,23,25)(H,24,26). The third kappa shape index (κ3) is 5.60. The van der Waals surface area contributed by atoms with Crippen LogP contribution in [0.3, 0.4) is 0 Å². The van der Waals surface area contributed by atoms with Crippen molar-refractivity contribution in [1.82, 2.24) is 10.6 Å². The fraction of sp³-hybridized carbons (Fsp3) is 0.238. The summed E-state index contributed by atoms with van der Waals surface area (Å²) in [5, 5.41) is 5.21. The largest absolute Gasteiger partial charge is 0.343 e. The van der Waals surface area contributed by atoms with E-state index in [0.717, 1.165) is 11.1 Å². The van der Waals surface area contributed by atoms with Gasteiger partial charge in [-0.1, -0.05) is 42.2 Å². The number of rotatable bonds is 4. The molecule has 0 radical (unpaired) electrons. The van der Waals surface area contributed by atoms with Crippen molar-refractivity contribution < 1.29 is 14.0 Å². The van der Waals surface area contributed by atoms with Gasteiger partial charge in [0.05, 0.1) is 11.8 Å². The predicted octanol–water partition coefficient (Wildman–Crippen LogP) is 2.14. The van der Waals surface area contributed by atoms with E-state index in [4.69, 9.17) is 0 Å². The van der Waals surface area contributed by atoms with Crippen LogP contribution in [-0.4, -0.2) is 35.4 Å². The zero-order valence-electron chi connectivity index (χ0n) is 14.6. The van der Waals surface area contributed by atoms with Crippen LogP contribution in [0.15, 0.2) is 54.6 Å². The van der Waals surface area contributed by atoms with Crippen molar-refractivity contribution >= 4 is 23.6 Å². The Morgan fingerprint density at radius 2 is 1.93 bits per heavy atom. The Labute approximate surface area is 161 Å². The molecular formula is C21H19FN2O2S. The highest BCUT2D eigenvalue weighted by molar-refractivity contribution is 8.00. The van der Waals surface area contributed by atoms with E-state index in [9.17, 15) is 14.0 Å². The van der Waals surface area contributed by atoms with Gasteiger partial charge in [0.1, 0.15) is 11.9 Å². The highest BCUT2D eigenvalue weighted by atomic mass is 32.2. The first-order valence-corrected chi connectivity index (χ1v) is 9.65. The lowest BCUT2D eigenvalue weighted by Gasteiger charge is -2.28. The molecule has 27 heavy (non-hydrogen) atoms. The van der Waals surface area contributed by atoms with Crippen LogP contribution in [0.2, 0.25) is 0 Å². The van der Waals surface area contributed by atoms with Crippen molar-refractivity contribution in [2.45, 2.75) is 17.7 Å². The molecule has 0 aromatic heterocycles. The summed E-state index contributed by atoms with van der Waals surface area (Å²) in [6, 6.07) is 15.1. The van der Waals surface area contributed by atoms with Crippen molar-refractivity contribution in [1.29, 1.82) is 0 Å². The molecular weight excluding hydrogens is 363 g/mol. The number of carbonyl (C=O) groups excluding carboxylic acids is 2. The SMILES string of the molecule is O=C(NCC#Cc1ccccc1)C1CSC(Cc2ccc(F)cc2)C(=O)N1. The van der Waals surface area contributed by atoms with Crippen LogP contribution < -0.4 is 10.6 Å². The van der Waals surface area contributed by atoms with Gasteiger partial charge < -0.3 is 10.6 Å². The number of carbonyl (C=O) groups is 2. The lowest BCUT2D eigenvalue weighted by molar-refractivity contribution is -0.128. The van der Waals surface area contributed by atoms with Gasteiger partial charge in [0.15, 0.2) is 0 Å². The molecule has 0 aliphatic carbocycles. The van der Waals surface area contributed by atoms with Gasteiger partial charge in [-0.25, -0.2) is 4.39 Å². The van der Waals surface area contributed by atoms with Crippen molar-refractivity contribution in [3.8, 4) is 11.8 Å². The molecule has 2 N–H and O–H groups in total. The van der Waals surface area contributed by atoms with Crippen LogP contribution >= 0.6 is 11.8 Å². The third-order valence-corrected chi connectivity index (χ3v) is 5.39. The molecule has 0 spiro atoms. The Bertz CT molecular complexity index is 859. The fourth-order valence-corrected chi connectivity index (χ4v) is 3.83. The van der Waals surface area contributed by atoms with Crippen LogP contribution in [0.25, 0.3) is 0 Å². The van der Waals surface area contributed by atoms with E-state index in [1.54, 1.807) is 12.1 Å². The molecule has 1 heterocycles. The van der Waals surface area contributed by atoms with Gasteiger partial charge in [-0.15, -0.1) is 11.8 Å². The monoisotopic (exact) mass is 382 g/mol. The Morgan fingerprint density at radius 1 is 1.19 bits per heavy atom. The number of hydrogen-bond donors (Lipinski definition) is 2. The number of amides is 2. The molecule has 2 aromatic rings. The summed E-state index contributed by atoms with van der Waals surface area (Å²) in [7, 11) is 0. The molecule has 2 amide bonds. The molecule has 0 bridgehead atoms. The number of nitrogens with one attached hydrogen (secondary N) is 2. The van der Waals surface area contributed by atoms with Crippen molar-refractivity contribution in [3.05, 3.63) is 71.5 Å². The van der Waals surface area contributed by atoms with E-state index in [1.807, 2.05) is 30.3 Å². The summed E-state index contributed by atoms with van der Waals surface area (Å²) in [6.07, 6.45) is 0.508. The summed E-state index contributed by atoms with van der Waals surface area (Å²) < 4.78 is 13.0. The average molecular weight is 382 g/mol. The molecule has 3 rings (SSSR count).